The lowest BCUT2D eigenvalue weighted by Gasteiger charge is -2.10. The molecule has 7 heteroatoms. The Bertz CT molecular complexity index is 814. The summed E-state index contributed by atoms with van der Waals surface area (Å²) < 4.78 is 33.3. The van der Waals surface area contributed by atoms with Crippen LogP contribution in [0.1, 0.15) is 15.9 Å². The van der Waals surface area contributed by atoms with E-state index in [2.05, 4.69) is 0 Å². The van der Waals surface area contributed by atoms with Gasteiger partial charge in [-0.2, -0.15) is 0 Å². The molecule has 0 aromatic heterocycles. The van der Waals surface area contributed by atoms with Crippen LogP contribution >= 0.6 is 0 Å². The normalized spacial score (nSPS) is 11.0. The van der Waals surface area contributed by atoms with Crippen LogP contribution < -0.4 is 14.6 Å². The number of aryl methyl sites for hydroxylation is 1. The molecule has 0 aliphatic heterocycles. The van der Waals surface area contributed by atoms with Crippen LogP contribution in [0.4, 0.5) is 0 Å². The summed E-state index contributed by atoms with van der Waals surface area (Å²) in [6, 6.07) is 10.8. The Morgan fingerprint density at radius 1 is 1.09 bits per heavy atom. The first-order chi connectivity index (χ1) is 10.3. The van der Waals surface area contributed by atoms with Crippen molar-refractivity contribution in [2.75, 3.05) is 7.11 Å². The number of carbonyl (C=O) groups excluding carboxylic acids is 1. The number of para-hydroxylation sites is 2. The Morgan fingerprint density at radius 2 is 1.73 bits per heavy atom. The number of carbonyl (C=O) groups is 1. The predicted molar refractivity (Wildman–Crippen MR) is 80.5 cm³/mol. The molecule has 0 amide bonds. The van der Waals surface area contributed by atoms with Gasteiger partial charge in [0.15, 0.2) is 11.5 Å². The molecular weight excluding hydrogens is 306 g/mol. The lowest BCUT2D eigenvalue weighted by Crippen LogP contribution is -2.16. The van der Waals surface area contributed by atoms with Gasteiger partial charge in [-0.1, -0.05) is 18.2 Å². The van der Waals surface area contributed by atoms with Crippen molar-refractivity contribution >= 4 is 16.0 Å². The molecule has 0 saturated carbocycles. The Kier molecular flexibility index (Phi) is 4.48. The third-order valence-corrected chi connectivity index (χ3v) is 4.05. The van der Waals surface area contributed by atoms with Crippen molar-refractivity contribution < 1.29 is 22.7 Å². The molecule has 2 N–H and O–H groups in total. The molecule has 0 unspecified atom stereocenters. The smallest absolute Gasteiger partial charge is 0.343 e. The number of rotatable bonds is 4. The van der Waals surface area contributed by atoms with Crippen molar-refractivity contribution in [1.82, 2.24) is 0 Å². The van der Waals surface area contributed by atoms with Crippen LogP contribution in [-0.2, 0) is 10.0 Å². The molecule has 2 rings (SSSR count). The highest BCUT2D eigenvalue weighted by molar-refractivity contribution is 7.89. The summed E-state index contributed by atoms with van der Waals surface area (Å²) in [4.78, 5) is 12.1. The number of hydrogen-bond donors (Lipinski definition) is 1. The monoisotopic (exact) mass is 321 g/mol. The van der Waals surface area contributed by atoms with Gasteiger partial charge in [-0.15, -0.1) is 0 Å². The summed E-state index contributed by atoms with van der Waals surface area (Å²) in [5.41, 5.74) is 0.539. The van der Waals surface area contributed by atoms with Crippen molar-refractivity contribution in [2.45, 2.75) is 11.8 Å². The average Bonchev–Trinajstić information content (AvgIpc) is 2.47. The molecule has 2 aromatic carbocycles. The van der Waals surface area contributed by atoms with E-state index in [1.165, 1.54) is 25.3 Å². The van der Waals surface area contributed by atoms with Gasteiger partial charge in [0.2, 0.25) is 10.0 Å². The molecule has 0 aliphatic rings. The fourth-order valence-corrected chi connectivity index (χ4v) is 2.70. The first-order valence-electron chi connectivity index (χ1n) is 6.31. The second-order valence-corrected chi connectivity index (χ2v) is 6.10. The van der Waals surface area contributed by atoms with E-state index in [1.807, 2.05) is 0 Å². The van der Waals surface area contributed by atoms with Gasteiger partial charge in [0.1, 0.15) is 0 Å². The number of methoxy groups -OCH3 is 1. The highest BCUT2D eigenvalue weighted by Gasteiger charge is 2.17. The molecule has 0 atom stereocenters. The van der Waals surface area contributed by atoms with Crippen molar-refractivity contribution in [3.63, 3.8) is 0 Å². The number of benzene rings is 2. The third-order valence-electron chi connectivity index (χ3n) is 3.00. The third kappa shape index (κ3) is 3.44. The van der Waals surface area contributed by atoms with Gasteiger partial charge in [0.25, 0.3) is 0 Å². The van der Waals surface area contributed by atoms with Crippen LogP contribution in [0.3, 0.4) is 0 Å². The summed E-state index contributed by atoms with van der Waals surface area (Å²) in [6.07, 6.45) is 0. The topological polar surface area (TPSA) is 95.7 Å². The highest BCUT2D eigenvalue weighted by atomic mass is 32.2. The maximum Gasteiger partial charge on any atom is 0.343 e. The summed E-state index contributed by atoms with van der Waals surface area (Å²) in [5.74, 6) is -0.0586. The van der Waals surface area contributed by atoms with Crippen LogP contribution in [-0.4, -0.2) is 21.5 Å². The lowest BCUT2D eigenvalue weighted by atomic mass is 10.1. The Balaban J connectivity index is 2.35. The van der Waals surface area contributed by atoms with E-state index in [1.54, 1.807) is 31.2 Å². The van der Waals surface area contributed by atoms with Gasteiger partial charge >= 0.3 is 5.97 Å². The quantitative estimate of drug-likeness (QED) is 0.685. The Labute approximate surface area is 128 Å². The molecule has 0 radical (unpaired) electrons. The number of sulfonamides is 1. The number of primary sulfonamides is 1. The lowest BCUT2D eigenvalue weighted by molar-refractivity contribution is 0.0729. The molecule has 0 spiro atoms. The Hall–Kier alpha value is -2.38. The number of nitrogens with two attached hydrogens (primary N) is 1. The van der Waals surface area contributed by atoms with Gasteiger partial charge in [-0.05, 0) is 36.8 Å². The van der Waals surface area contributed by atoms with E-state index < -0.39 is 16.0 Å². The molecule has 0 aliphatic carbocycles. The van der Waals surface area contributed by atoms with Gasteiger partial charge in [-0.3, -0.25) is 0 Å². The zero-order chi connectivity index (χ0) is 16.3. The van der Waals surface area contributed by atoms with Gasteiger partial charge in [-0.25, -0.2) is 18.4 Å². The molecular formula is C15H15NO5S. The number of esters is 1. The second-order valence-electron chi connectivity index (χ2n) is 4.57. The Morgan fingerprint density at radius 3 is 2.32 bits per heavy atom. The fraction of sp³-hybridized carbons (Fsp3) is 0.133. The van der Waals surface area contributed by atoms with Crippen molar-refractivity contribution in [1.29, 1.82) is 0 Å². The minimum absolute atomic E-state index is 0.0838. The van der Waals surface area contributed by atoms with Crippen LogP contribution in [0, 0.1) is 6.92 Å². The molecule has 22 heavy (non-hydrogen) atoms. The first kappa shape index (κ1) is 16.0. The largest absolute Gasteiger partial charge is 0.493 e. The van der Waals surface area contributed by atoms with E-state index in [9.17, 15) is 13.2 Å². The first-order valence-corrected chi connectivity index (χ1v) is 7.86. The summed E-state index contributed by atoms with van der Waals surface area (Å²) >= 11 is 0. The standard InChI is InChI=1S/C15H15NO5S/c1-10-7-8-11(9-14(10)22(16,18)19)15(17)21-13-6-4-3-5-12(13)20-2/h3-9H,1-2H3,(H2,16,18,19). The van der Waals surface area contributed by atoms with E-state index >= 15 is 0 Å². The van der Waals surface area contributed by atoms with Crippen LogP contribution in [0.15, 0.2) is 47.4 Å². The molecule has 116 valence electrons. The molecule has 2 aromatic rings. The summed E-state index contributed by atoms with van der Waals surface area (Å²) in [7, 11) is -2.45. The number of ether oxygens (including phenoxy) is 2. The average molecular weight is 321 g/mol. The van der Waals surface area contributed by atoms with Crippen LogP contribution in [0.25, 0.3) is 0 Å². The number of hydrogen-bond acceptors (Lipinski definition) is 5. The van der Waals surface area contributed by atoms with Crippen molar-refractivity contribution in [3.8, 4) is 11.5 Å². The van der Waals surface area contributed by atoms with E-state index in [0.29, 0.717) is 11.3 Å². The molecule has 0 saturated heterocycles. The minimum atomic E-state index is -3.91. The van der Waals surface area contributed by atoms with Crippen molar-refractivity contribution in [2.24, 2.45) is 5.14 Å². The van der Waals surface area contributed by atoms with E-state index in [4.69, 9.17) is 14.6 Å². The predicted octanol–water partition coefficient (Wildman–Crippen LogP) is 1.87. The van der Waals surface area contributed by atoms with Gasteiger partial charge in [0.05, 0.1) is 17.6 Å². The maximum atomic E-state index is 12.2. The van der Waals surface area contributed by atoms with Gasteiger partial charge in [0, 0.05) is 0 Å². The molecule has 6 nitrogen and oxygen atoms in total. The summed E-state index contributed by atoms with van der Waals surface area (Å²) in [6.45, 7) is 1.59. The van der Waals surface area contributed by atoms with Crippen molar-refractivity contribution in [3.05, 3.63) is 53.6 Å². The molecule has 0 fully saturated rings. The van der Waals surface area contributed by atoms with Crippen LogP contribution in [0.5, 0.6) is 11.5 Å². The zero-order valence-corrected chi connectivity index (χ0v) is 12.9. The van der Waals surface area contributed by atoms with E-state index in [0.717, 1.165) is 0 Å². The molecule has 0 heterocycles. The van der Waals surface area contributed by atoms with Crippen LogP contribution in [0.2, 0.25) is 0 Å². The SMILES string of the molecule is COc1ccccc1OC(=O)c1ccc(C)c(S(N)(=O)=O)c1. The minimum Gasteiger partial charge on any atom is -0.493 e. The van der Waals surface area contributed by atoms with Gasteiger partial charge < -0.3 is 9.47 Å². The van der Waals surface area contributed by atoms with E-state index in [-0.39, 0.29) is 16.2 Å². The molecule has 0 bridgehead atoms. The summed E-state index contributed by atoms with van der Waals surface area (Å²) in [5, 5.41) is 5.12. The zero-order valence-electron chi connectivity index (χ0n) is 12.1. The second kappa shape index (κ2) is 6.17. The highest BCUT2D eigenvalue weighted by Crippen LogP contribution is 2.27. The fourth-order valence-electron chi connectivity index (χ4n) is 1.90. The maximum absolute atomic E-state index is 12.2.